The van der Waals surface area contributed by atoms with Crippen LogP contribution >= 0.6 is 0 Å². The minimum atomic E-state index is -0.391. The van der Waals surface area contributed by atoms with Gasteiger partial charge in [-0.1, -0.05) is 50.0 Å². The summed E-state index contributed by atoms with van der Waals surface area (Å²) >= 11 is 0. The minimum absolute atomic E-state index is 0.0857. The van der Waals surface area contributed by atoms with Gasteiger partial charge in [0.1, 0.15) is 0 Å². The highest BCUT2D eigenvalue weighted by Crippen LogP contribution is 2.50. The second kappa shape index (κ2) is 11.0. The van der Waals surface area contributed by atoms with Gasteiger partial charge in [-0.15, -0.1) is 0 Å². The first-order valence-corrected chi connectivity index (χ1v) is 10.6. The number of fused-ring (bicyclic) bond motifs is 1. The van der Waals surface area contributed by atoms with Gasteiger partial charge >= 0.3 is 0 Å². The van der Waals surface area contributed by atoms with Crippen molar-refractivity contribution in [2.24, 2.45) is 17.8 Å². The molecule has 0 aromatic heterocycles. The molecule has 0 saturated heterocycles. The van der Waals surface area contributed by atoms with E-state index >= 15 is 0 Å². The highest BCUT2D eigenvalue weighted by molar-refractivity contribution is 5.77. The summed E-state index contributed by atoms with van der Waals surface area (Å²) < 4.78 is 0. The standard InChI is InChI=1S/C22H38N2O3/c1-4-5-6-7-18(25)8-9-19-20-13-16(12-17(20)14-21(19)26)10-11-23-15-22(27)24(2)3/h8-10,17-21,23,25-26H,4-7,11-15H2,1-3H3/b9-8+,16-10+/t17-,18-,19+,20-,21+/m0/s1. The molecule has 0 aromatic carbocycles. The first-order chi connectivity index (χ1) is 12.9. The molecule has 2 aliphatic carbocycles. The molecule has 0 aliphatic heterocycles. The van der Waals surface area contributed by atoms with Crippen LogP contribution in [0.1, 0.15) is 51.9 Å². The maximum Gasteiger partial charge on any atom is 0.236 e. The van der Waals surface area contributed by atoms with Crippen LogP contribution in [0.3, 0.4) is 0 Å². The maximum atomic E-state index is 11.6. The lowest BCUT2D eigenvalue weighted by atomic mass is 9.90. The van der Waals surface area contributed by atoms with Gasteiger partial charge in [0.15, 0.2) is 0 Å². The van der Waals surface area contributed by atoms with Crippen LogP contribution in [0.15, 0.2) is 23.8 Å². The Labute approximate surface area is 164 Å². The van der Waals surface area contributed by atoms with E-state index < -0.39 is 6.10 Å². The number of unbranched alkanes of at least 4 members (excludes halogenated alkanes) is 2. The van der Waals surface area contributed by atoms with E-state index in [9.17, 15) is 15.0 Å². The molecule has 2 fully saturated rings. The van der Waals surface area contributed by atoms with E-state index in [1.807, 2.05) is 6.08 Å². The Morgan fingerprint density at radius 3 is 2.81 bits per heavy atom. The van der Waals surface area contributed by atoms with Gasteiger partial charge in [0, 0.05) is 26.6 Å². The lowest BCUT2D eigenvalue weighted by Gasteiger charge is -2.18. The number of aliphatic hydroxyl groups excluding tert-OH is 2. The summed E-state index contributed by atoms with van der Waals surface area (Å²) in [7, 11) is 3.53. The number of likely N-dealkylation sites (N-methyl/N-ethyl adjacent to an activating group) is 1. The molecule has 0 aromatic rings. The quantitative estimate of drug-likeness (QED) is 0.403. The number of carbonyl (C=O) groups excluding carboxylic acids is 1. The summed E-state index contributed by atoms with van der Waals surface area (Å²) in [4.78, 5) is 13.2. The smallest absolute Gasteiger partial charge is 0.236 e. The Hall–Kier alpha value is -1.17. The van der Waals surface area contributed by atoms with Gasteiger partial charge in [-0.3, -0.25) is 4.79 Å². The number of carbonyl (C=O) groups is 1. The highest BCUT2D eigenvalue weighted by Gasteiger charge is 2.44. The first kappa shape index (κ1) is 22.1. The van der Waals surface area contributed by atoms with Gasteiger partial charge < -0.3 is 20.4 Å². The molecule has 2 saturated carbocycles. The fourth-order valence-corrected chi connectivity index (χ4v) is 4.45. The van der Waals surface area contributed by atoms with Crippen LogP contribution in [-0.2, 0) is 4.79 Å². The maximum absolute atomic E-state index is 11.6. The van der Waals surface area contributed by atoms with E-state index in [-0.39, 0.29) is 17.9 Å². The van der Waals surface area contributed by atoms with E-state index in [4.69, 9.17) is 0 Å². The molecule has 2 aliphatic rings. The summed E-state index contributed by atoms with van der Waals surface area (Å²) in [6.45, 7) is 3.25. The molecule has 5 atom stereocenters. The molecule has 154 valence electrons. The lowest BCUT2D eigenvalue weighted by molar-refractivity contribution is -0.127. The van der Waals surface area contributed by atoms with Crippen molar-refractivity contribution in [1.29, 1.82) is 0 Å². The molecule has 0 spiro atoms. The fourth-order valence-electron chi connectivity index (χ4n) is 4.45. The molecule has 0 radical (unpaired) electrons. The van der Waals surface area contributed by atoms with Crippen molar-refractivity contribution in [3.05, 3.63) is 23.8 Å². The molecule has 0 bridgehead atoms. The molecule has 1 amide bonds. The van der Waals surface area contributed by atoms with E-state index in [1.165, 1.54) is 5.57 Å². The highest BCUT2D eigenvalue weighted by atomic mass is 16.3. The Kier molecular flexibility index (Phi) is 9.00. The van der Waals surface area contributed by atoms with Crippen molar-refractivity contribution in [1.82, 2.24) is 10.2 Å². The number of nitrogens with one attached hydrogen (secondary N) is 1. The van der Waals surface area contributed by atoms with Crippen molar-refractivity contribution in [2.45, 2.75) is 64.1 Å². The average Bonchev–Trinajstić information content (AvgIpc) is 3.13. The van der Waals surface area contributed by atoms with E-state index in [1.54, 1.807) is 19.0 Å². The molecular formula is C22H38N2O3. The summed E-state index contributed by atoms with van der Waals surface area (Å²) in [5.41, 5.74) is 1.43. The Morgan fingerprint density at radius 1 is 1.33 bits per heavy atom. The van der Waals surface area contributed by atoms with Crippen LogP contribution in [0.2, 0.25) is 0 Å². The lowest BCUT2D eigenvalue weighted by Crippen LogP contribution is -2.33. The second-order valence-electron chi connectivity index (χ2n) is 8.44. The Bertz CT molecular complexity index is 530. The van der Waals surface area contributed by atoms with Crippen LogP contribution in [0.4, 0.5) is 0 Å². The van der Waals surface area contributed by atoms with Crippen molar-refractivity contribution in [3.63, 3.8) is 0 Å². The molecular weight excluding hydrogens is 340 g/mol. The molecule has 3 N–H and O–H groups in total. The van der Waals surface area contributed by atoms with Crippen LogP contribution in [0.25, 0.3) is 0 Å². The summed E-state index contributed by atoms with van der Waals surface area (Å²) in [6, 6.07) is 0. The van der Waals surface area contributed by atoms with Crippen LogP contribution in [0.5, 0.6) is 0 Å². The average molecular weight is 379 g/mol. The third-order valence-corrected chi connectivity index (χ3v) is 6.08. The van der Waals surface area contributed by atoms with E-state index in [0.29, 0.717) is 24.9 Å². The van der Waals surface area contributed by atoms with E-state index in [2.05, 4.69) is 24.4 Å². The van der Waals surface area contributed by atoms with Gasteiger partial charge in [-0.05, 0) is 37.5 Å². The Balaban J connectivity index is 1.80. The number of hydrogen-bond donors (Lipinski definition) is 3. The van der Waals surface area contributed by atoms with Gasteiger partial charge in [0.05, 0.1) is 18.8 Å². The summed E-state index contributed by atoms with van der Waals surface area (Å²) in [5, 5.41) is 23.7. The van der Waals surface area contributed by atoms with Crippen molar-refractivity contribution in [3.8, 4) is 0 Å². The zero-order valence-corrected chi connectivity index (χ0v) is 17.2. The molecule has 0 unspecified atom stereocenters. The van der Waals surface area contributed by atoms with Gasteiger partial charge in [-0.25, -0.2) is 0 Å². The van der Waals surface area contributed by atoms with Crippen molar-refractivity contribution >= 4 is 5.91 Å². The number of allylic oxidation sites excluding steroid dienone is 1. The predicted molar refractivity (Wildman–Crippen MR) is 109 cm³/mol. The molecule has 5 heteroatoms. The fraction of sp³-hybridized carbons (Fsp3) is 0.773. The first-order valence-electron chi connectivity index (χ1n) is 10.6. The van der Waals surface area contributed by atoms with E-state index in [0.717, 1.165) is 44.9 Å². The number of amides is 1. The zero-order chi connectivity index (χ0) is 19.8. The number of nitrogens with zero attached hydrogens (tertiary/aromatic N) is 1. The zero-order valence-electron chi connectivity index (χ0n) is 17.2. The van der Waals surface area contributed by atoms with Gasteiger partial charge in [0.25, 0.3) is 0 Å². The molecule has 5 nitrogen and oxygen atoms in total. The number of rotatable bonds is 10. The molecule has 2 rings (SSSR count). The monoisotopic (exact) mass is 378 g/mol. The minimum Gasteiger partial charge on any atom is -0.392 e. The number of hydrogen-bond acceptors (Lipinski definition) is 4. The third-order valence-electron chi connectivity index (χ3n) is 6.08. The Morgan fingerprint density at radius 2 is 2.11 bits per heavy atom. The number of aliphatic hydroxyl groups is 2. The van der Waals surface area contributed by atoms with Gasteiger partial charge in [-0.2, -0.15) is 0 Å². The molecule has 27 heavy (non-hydrogen) atoms. The summed E-state index contributed by atoms with van der Waals surface area (Å²) in [6.07, 6.45) is 12.6. The topological polar surface area (TPSA) is 72.8 Å². The molecule has 0 heterocycles. The summed E-state index contributed by atoms with van der Waals surface area (Å²) in [5.74, 6) is 1.27. The largest absolute Gasteiger partial charge is 0.392 e. The van der Waals surface area contributed by atoms with Crippen molar-refractivity contribution < 1.29 is 15.0 Å². The van der Waals surface area contributed by atoms with Crippen LogP contribution in [-0.4, -0.2) is 60.4 Å². The van der Waals surface area contributed by atoms with Crippen LogP contribution < -0.4 is 5.32 Å². The second-order valence-corrected chi connectivity index (χ2v) is 8.44. The predicted octanol–water partition coefficient (Wildman–Crippen LogP) is 2.50. The third kappa shape index (κ3) is 6.74. The normalized spacial score (nSPS) is 30.2. The van der Waals surface area contributed by atoms with Crippen molar-refractivity contribution in [2.75, 3.05) is 27.2 Å². The van der Waals surface area contributed by atoms with Gasteiger partial charge in [0.2, 0.25) is 5.91 Å². The SMILES string of the molecule is CCCCC[C@H](O)/C=C/[C@@H]1[C@H]2C/C(=C/CNCC(=O)N(C)C)C[C@H]2C[C@H]1O. The van der Waals surface area contributed by atoms with Crippen LogP contribution in [0, 0.1) is 17.8 Å².